The summed E-state index contributed by atoms with van der Waals surface area (Å²) in [7, 11) is 0. The minimum atomic E-state index is -0.0978. The number of rotatable bonds is 7. The zero-order valence-corrected chi connectivity index (χ0v) is 16.2. The highest BCUT2D eigenvalue weighted by Gasteiger charge is 2.10. The summed E-state index contributed by atoms with van der Waals surface area (Å²) in [6.07, 6.45) is 5.91. The molecular weight excluding hydrogens is 364 g/mol. The number of aromatic nitrogens is 3. The zero-order chi connectivity index (χ0) is 20.1. The quantitative estimate of drug-likeness (QED) is 0.509. The van der Waals surface area contributed by atoms with Crippen LogP contribution in [0.25, 0.3) is 11.3 Å². The fourth-order valence-corrected chi connectivity index (χ4v) is 3.01. The number of benzene rings is 2. The molecule has 0 saturated carbocycles. The van der Waals surface area contributed by atoms with E-state index in [1.165, 1.54) is 5.56 Å². The predicted molar refractivity (Wildman–Crippen MR) is 111 cm³/mol. The maximum absolute atomic E-state index is 12.3. The van der Waals surface area contributed by atoms with Crippen LogP contribution in [0.4, 0.5) is 5.69 Å². The first-order chi connectivity index (χ1) is 14.2. The van der Waals surface area contributed by atoms with Crippen molar-refractivity contribution >= 4 is 11.6 Å². The summed E-state index contributed by atoms with van der Waals surface area (Å²) in [5.74, 6) is 1.16. The lowest BCUT2D eigenvalue weighted by Gasteiger charge is -2.02. The first kappa shape index (κ1) is 18.7. The van der Waals surface area contributed by atoms with Crippen molar-refractivity contribution in [1.29, 1.82) is 0 Å². The third-order valence-electron chi connectivity index (χ3n) is 4.56. The molecule has 0 fully saturated rings. The van der Waals surface area contributed by atoms with E-state index in [1.807, 2.05) is 67.7 Å². The lowest BCUT2D eigenvalue weighted by atomic mass is 10.1. The molecule has 1 amide bonds. The Balaban J connectivity index is 1.29. The van der Waals surface area contributed by atoms with Crippen LogP contribution in [0.3, 0.4) is 0 Å². The molecule has 0 atom stereocenters. The molecule has 6 heteroatoms. The molecule has 2 aromatic carbocycles. The molecule has 2 aromatic heterocycles. The van der Waals surface area contributed by atoms with Gasteiger partial charge in [-0.1, -0.05) is 60.2 Å². The number of amides is 1. The summed E-state index contributed by atoms with van der Waals surface area (Å²) in [5.41, 5.74) is 4.00. The molecule has 29 heavy (non-hydrogen) atoms. The molecule has 4 aromatic rings. The van der Waals surface area contributed by atoms with Crippen LogP contribution >= 0.6 is 0 Å². The number of nitrogens with one attached hydrogen (secondary N) is 1. The second-order valence-electron chi connectivity index (χ2n) is 6.94. The summed E-state index contributed by atoms with van der Waals surface area (Å²) >= 11 is 0. The van der Waals surface area contributed by atoms with Crippen molar-refractivity contribution in [2.24, 2.45) is 0 Å². The number of oxazole rings is 1. The van der Waals surface area contributed by atoms with Gasteiger partial charge in [0.05, 0.1) is 24.6 Å². The number of hydrogen-bond donors (Lipinski definition) is 1. The van der Waals surface area contributed by atoms with Crippen molar-refractivity contribution in [3.05, 3.63) is 90.2 Å². The van der Waals surface area contributed by atoms with Gasteiger partial charge in [0.1, 0.15) is 0 Å². The molecule has 0 unspecified atom stereocenters. The molecule has 0 aliphatic carbocycles. The summed E-state index contributed by atoms with van der Waals surface area (Å²) in [4.78, 5) is 16.5. The number of nitrogens with zero attached hydrogens (tertiary/aromatic N) is 3. The number of anilines is 1. The molecule has 0 bridgehead atoms. The van der Waals surface area contributed by atoms with E-state index in [2.05, 4.69) is 15.4 Å². The molecule has 146 valence electrons. The van der Waals surface area contributed by atoms with Gasteiger partial charge in [-0.15, -0.1) is 0 Å². The van der Waals surface area contributed by atoms with Gasteiger partial charge in [-0.05, 0) is 12.5 Å². The highest BCUT2D eigenvalue weighted by Crippen LogP contribution is 2.21. The van der Waals surface area contributed by atoms with Gasteiger partial charge in [0.15, 0.2) is 11.7 Å². The third kappa shape index (κ3) is 4.99. The first-order valence-corrected chi connectivity index (χ1v) is 9.54. The summed E-state index contributed by atoms with van der Waals surface area (Å²) in [6, 6.07) is 18.1. The van der Waals surface area contributed by atoms with Gasteiger partial charge in [-0.3, -0.25) is 9.48 Å². The Hall–Kier alpha value is -3.67. The van der Waals surface area contributed by atoms with Crippen molar-refractivity contribution in [2.75, 3.05) is 5.32 Å². The Bertz CT molecular complexity index is 1080. The third-order valence-corrected chi connectivity index (χ3v) is 4.56. The lowest BCUT2D eigenvalue weighted by molar-refractivity contribution is -0.116. The van der Waals surface area contributed by atoms with E-state index in [0.29, 0.717) is 30.3 Å². The molecule has 6 nitrogen and oxygen atoms in total. The molecule has 0 aliphatic rings. The van der Waals surface area contributed by atoms with Crippen LogP contribution in [0.15, 0.2) is 77.6 Å². The SMILES string of the molecule is Cc1ccc(-c2cnc(CCC(=O)Nc3cnn(Cc4ccccc4)c3)o2)cc1. The van der Waals surface area contributed by atoms with Crippen LogP contribution in [0.5, 0.6) is 0 Å². The fourth-order valence-electron chi connectivity index (χ4n) is 3.01. The largest absolute Gasteiger partial charge is 0.441 e. The highest BCUT2D eigenvalue weighted by atomic mass is 16.4. The average Bonchev–Trinajstić information content (AvgIpc) is 3.37. The fraction of sp³-hybridized carbons (Fsp3) is 0.174. The number of carbonyl (C=O) groups is 1. The van der Waals surface area contributed by atoms with E-state index in [0.717, 1.165) is 11.1 Å². The van der Waals surface area contributed by atoms with Crippen molar-refractivity contribution < 1.29 is 9.21 Å². The predicted octanol–water partition coefficient (Wildman–Crippen LogP) is 4.47. The van der Waals surface area contributed by atoms with E-state index in [1.54, 1.807) is 17.1 Å². The van der Waals surface area contributed by atoms with Crippen LogP contribution in [0.1, 0.15) is 23.4 Å². The standard InChI is InChI=1S/C23H22N4O2/c1-17-7-9-19(10-8-17)21-14-24-23(29-21)12-11-22(28)26-20-13-25-27(16-20)15-18-5-3-2-4-6-18/h2-10,13-14,16H,11-12,15H2,1H3,(H,26,28). The molecule has 0 spiro atoms. The van der Waals surface area contributed by atoms with E-state index < -0.39 is 0 Å². The number of aryl methyl sites for hydroxylation is 2. The molecule has 4 rings (SSSR count). The number of carbonyl (C=O) groups excluding carboxylic acids is 1. The molecular formula is C23H22N4O2. The van der Waals surface area contributed by atoms with Gasteiger partial charge in [0.25, 0.3) is 0 Å². The van der Waals surface area contributed by atoms with E-state index >= 15 is 0 Å². The van der Waals surface area contributed by atoms with Gasteiger partial charge in [0.2, 0.25) is 5.91 Å². The van der Waals surface area contributed by atoms with Crippen LogP contribution in [-0.2, 0) is 17.8 Å². The Morgan fingerprint density at radius 2 is 1.86 bits per heavy atom. The molecule has 0 radical (unpaired) electrons. The van der Waals surface area contributed by atoms with Gasteiger partial charge in [-0.2, -0.15) is 5.10 Å². The monoisotopic (exact) mass is 386 g/mol. The van der Waals surface area contributed by atoms with Gasteiger partial charge in [0, 0.05) is 24.6 Å². The topological polar surface area (TPSA) is 73.0 Å². The minimum Gasteiger partial charge on any atom is -0.441 e. The average molecular weight is 386 g/mol. The Morgan fingerprint density at radius 3 is 2.66 bits per heavy atom. The maximum Gasteiger partial charge on any atom is 0.224 e. The van der Waals surface area contributed by atoms with Crippen LogP contribution in [-0.4, -0.2) is 20.7 Å². The Morgan fingerprint density at radius 1 is 1.07 bits per heavy atom. The maximum atomic E-state index is 12.3. The Labute approximate surface area is 169 Å². The van der Waals surface area contributed by atoms with Crippen LogP contribution in [0, 0.1) is 6.92 Å². The second-order valence-corrected chi connectivity index (χ2v) is 6.94. The van der Waals surface area contributed by atoms with Crippen molar-refractivity contribution in [1.82, 2.24) is 14.8 Å². The van der Waals surface area contributed by atoms with E-state index in [-0.39, 0.29) is 12.3 Å². The molecule has 0 aliphatic heterocycles. The zero-order valence-electron chi connectivity index (χ0n) is 16.2. The smallest absolute Gasteiger partial charge is 0.224 e. The van der Waals surface area contributed by atoms with Gasteiger partial charge >= 0.3 is 0 Å². The Kier molecular flexibility index (Phi) is 5.52. The van der Waals surface area contributed by atoms with E-state index in [9.17, 15) is 4.79 Å². The minimum absolute atomic E-state index is 0.0978. The molecule has 0 saturated heterocycles. The number of hydrogen-bond acceptors (Lipinski definition) is 4. The lowest BCUT2D eigenvalue weighted by Crippen LogP contribution is -2.12. The van der Waals surface area contributed by atoms with Crippen molar-refractivity contribution in [2.45, 2.75) is 26.3 Å². The van der Waals surface area contributed by atoms with Crippen LogP contribution in [0.2, 0.25) is 0 Å². The first-order valence-electron chi connectivity index (χ1n) is 9.54. The molecule has 1 N–H and O–H groups in total. The summed E-state index contributed by atoms with van der Waals surface area (Å²) < 4.78 is 7.57. The highest BCUT2D eigenvalue weighted by molar-refractivity contribution is 5.90. The van der Waals surface area contributed by atoms with Gasteiger partial charge in [-0.25, -0.2) is 4.98 Å². The summed E-state index contributed by atoms with van der Waals surface area (Å²) in [5, 5.41) is 7.17. The van der Waals surface area contributed by atoms with Crippen molar-refractivity contribution in [3.63, 3.8) is 0 Å². The van der Waals surface area contributed by atoms with Crippen molar-refractivity contribution in [3.8, 4) is 11.3 Å². The summed E-state index contributed by atoms with van der Waals surface area (Å²) in [6.45, 7) is 2.70. The second kappa shape index (κ2) is 8.56. The van der Waals surface area contributed by atoms with Gasteiger partial charge < -0.3 is 9.73 Å². The van der Waals surface area contributed by atoms with E-state index in [4.69, 9.17) is 4.42 Å². The normalized spacial score (nSPS) is 10.8. The molecule has 2 heterocycles. The van der Waals surface area contributed by atoms with Crippen LogP contribution < -0.4 is 5.32 Å².